The maximum Gasteiger partial charge on any atom is 0.328 e. The lowest BCUT2D eigenvalue weighted by Crippen LogP contribution is -2.59. The zero-order chi connectivity index (χ0) is 22.8. The van der Waals surface area contributed by atoms with E-state index in [1.54, 1.807) is 13.8 Å². The highest BCUT2D eigenvalue weighted by atomic mass is 16.4. The summed E-state index contributed by atoms with van der Waals surface area (Å²) in [6, 6.07) is -4.67. The third kappa shape index (κ3) is 7.59. The molecule has 30 heavy (non-hydrogen) atoms. The molecule has 0 bridgehead atoms. The molecule has 0 spiro atoms. The summed E-state index contributed by atoms with van der Waals surface area (Å²) in [7, 11) is 0. The predicted octanol–water partition coefficient (Wildman–Crippen LogP) is -2.21. The molecule has 1 heterocycles. The van der Waals surface area contributed by atoms with Crippen molar-refractivity contribution in [2.24, 2.45) is 5.92 Å². The summed E-state index contributed by atoms with van der Waals surface area (Å²) in [6.45, 7) is 3.20. The molecule has 5 unspecified atom stereocenters. The Hall–Kier alpha value is -2.73. The lowest BCUT2D eigenvalue weighted by molar-refractivity contribution is -0.144. The lowest BCUT2D eigenvalue weighted by Gasteiger charge is -2.27. The van der Waals surface area contributed by atoms with Gasteiger partial charge in [-0.05, 0) is 25.3 Å². The van der Waals surface area contributed by atoms with Crippen LogP contribution in [-0.2, 0) is 24.0 Å². The van der Waals surface area contributed by atoms with Gasteiger partial charge in [-0.1, -0.05) is 20.3 Å². The minimum absolute atomic E-state index is 0.431. The average molecular weight is 430 g/mol. The Kier molecular flexibility index (Phi) is 10.2. The van der Waals surface area contributed by atoms with E-state index in [2.05, 4.69) is 21.3 Å². The van der Waals surface area contributed by atoms with E-state index in [1.807, 2.05) is 0 Å². The van der Waals surface area contributed by atoms with E-state index in [9.17, 15) is 24.0 Å². The molecule has 0 aromatic rings. The Bertz CT molecular complexity index is 650. The molecule has 0 aromatic heterocycles. The summed E-state index contributed by atoms with van der Waals surface area (Å²) in [5.74, 6) is -5.41. The van der Waals surface area contributed by atoms with E-state index in [0.717, 1.165) is 6.42 Å². The van der Waals surface area contributed by atoms with Crippen molar-refractivity contribution in [2.75, 3.05) is 13.2 Å². The van der Waals surface area contributed by atoms with E-state index in [0.29, 0.717) is 19.4 Å². The first-order valence-electron chi connectivity index (χ1n) is 9.80. The summed E-state index contributed by atoms with van der Waals surface area (Å²) >= 11 is 0. The SMILES string of the molecule is CCC(C)C(NC(=O)C(CC(=O)O)NC(=O)C1CCCN1)C(=O)NC(CO)C(=O)O. The van der Waals surface area contributed by atoms with Gasteiger partial charge in [0.05, 0.1) is 19.1 Å². The van der Waals surface area contributed by atoms with Crippen molar-refractivity contribution in [3.05, 3.63) is 0 Å². The van der Waals surface area contributed by atoms with Crippen molar-refractivity contribution in [1.82, 2.24) is 21.3 Å². The number of nitrogens with one attached hydrogen (secondary N) is 4. The van der Waals surface area contributed by atoms with Crippen LogP contribution in [-0.4, -0.2) is 82.3 Å². The molecule has 7 N–H and O–H groups in total. The summed E-state index contributed by atoms with van der Waals surface area (Å²) < 4.78 is 0. The predicted molar refractivity (Wildman–Crippen MR) is 103 cm³/mol. The minimum atomic E-state index is -1.55. The van der Waals surface area contributed by atoms with E-state index < -0.39 is 72.8 Å². The average Bonchev–Trinajstić information content (AvgIpc) is 3.23. The van der Waals surface area contributed by atoms with Gasteiger partial charge in [0.1, 0.15) is 18.1 Å². The fourth-order valence-electron chi connectivity index (χ4n) is 2.97. The Labute approximate surface area is 173 Å². The first-order valence-corrected chi connectivity index (χ1v) is 9.80. The van der Waals surface area contributed by atoms with Gasteiger partial charge in [-0.15, -0.1) is 0 Å². The lowest BCUT2D eigenvalue weighted by atomic mass is 9.97. The van der Waals surface area contributed by atoms with Crippen LogP contribution < -0.4 is 21.3 Å². The second kappa shape index (κ2) is 12.1. The van der Waals surface area contributed by atoms with Gasteiger partial charge < -0.3 is 36.6 Å². The number of aliphatic hydroxyl groups is 1. The Morgan fingerprint density at radius 2 is 1.70 bits per heavy atom. The number of aliphatic hydroxyl groups excluding tert-OH is 1. The first-order chi connectivity index (χ1) is 14.1. The summed E-state index contributed by atoms with van der Waals surface area (Å²) in [5.41, 5.74) is 0. The third-order valence-electron chi connectivity index (χ3n) is 4.98. The van der Waals surface area contributed by atoms with Crippen molar-refractivity contribution < 1.29 is 39.3 Å². The summed E-state index contributed by atoms with van der Waals surface area (Å²) in [5, 5.41) is 37.1. The van der Waals surface area contributed by atoms with E-state index in [1.165, 1.54) is 0 Å². The smallest absolute Gasteiger partial charge is 0.328 e. The zero-order valence-corrected chi connectivity index (χ0v) is 17.0. The van der Waals surface area contributed by atoms with Gasteiger partial charge in [-0.3, -0.25) is 19.2 Å². The van der Waals surface area contributed by atoms with Crippen molar-refractivity contribution >= 4 is 29.7 Å². The molecule has 0 radical (unpaired) electrons. The molecule has 0 aliphatic carbocycles. The monoisotopic (exact) mass is 430 g/mol. The molecule has 0 saturated carbocycles. The normalized spacial score (nSPS) is 19.8. The molecule has 12 heteroatoms. The molecule has 1 rings (SSSR count). The number of carboxylic acid groups (broad SMARTS) is 2. The molecule has 3 amide bonds. The molecular formula is C18H30N4O8. The Morgan fingerprint density at radius 3 is 2.17 bits per heavy atom. The summed E-state index contributed by atoms with van der Waals surface area (Å²) in [4.78, 5) is 59.7. The number of hydrogen-bond donors (Lipinski definition) is 7. The van der Waals surface area contributed by atoms with Gasteiger partial charge in [0, 0.05) is 0 Å². The van der Waals surface area contributed by atoms with Crippen molar-refractivity contribution in [3.63, 3.8) is 0 Å². The van der Waals surface area contributed by atoms with Gasteiger partial charge in [-0.2, -0.15) is 0 Å². The number of rotatable bonds is 12. The van der Waals surface area contributed by atoms with Crippen LogP contribution in [0.2, 0.25) is 0 Å². The molecule has 170 valence electrons. The highest BCUT2D eigenvalue weighted by Gasteiger charge is 2.34. The number of hydrogen-bond acceptors (Lipinski definition) is 7. The van der Waals surface area contributed by atoms with Crippen molar-refractivity contribution in [2.45, 2.75) is 63.7 Å². The highest BCUT2D eigenvalue weighted by Crippen LogP contribution is 2.10. The first kappa shape index (κ1) is 25.3. The van der Waals surface area contributed by atoms with Gasteiger partial charge >= 0.3 is 11.9 Å². The molecule has 1 aliphatic heterocycles. The topological polar surface area (TPSA) is 194 Å². The standard InChI is InChI=1S/C18H30N4O8/c1-3-9(2)14(17(28)21-12(8-23)18(29)30)22-16(27)11(7-13(24)25)20-15(26)10-5-4-6-19-10/h9-12,14,19,23H,3-8H2,1-2H3,(H,20,26)(H,21,28)(H,22,27)(H,24,25)(H,29,30). The molecule has 1 aliphatic rings. The van der Waals surface area contributed by atoms with Crippen LogP contribution in [0, 0.1) is 5.92 Å². The number of carbonyl (C=O) groups excluding carboxylic acids is 3. The van der Waals surface area contributed by atoms with Crippen LogP contribution in [0.25, 0.3) is 0 Å². The van der Waals surface area contributed by atoms with Gasteiger partial charge in [-0.25, -0.2) is 4.79 Å². The minimum Gasteiger partial charge on any atom is -0.481 e. The molecule has 12 nitrogen and oxygen atoms in total. The van der Waals surface area contributed by atoms with Gasteiger partial charge in [0.25, 0.3) is 0 Å². The van der Waals surface area contributed by atoms with E-state index in [-0.39, 0.29) is 0 Å². The maximum absolute atomic E-state index is 12.7. The molecular weight excluding hydrogens is 400 g/mol. The quantitative estimate of drug-likeness (QED) is 0.180. The fourth-order valence-corrected chi connectivity index (χ4v) is 2.97. The Balaban J connectivity index is 2.92. The van der Waals surface area contributed by atoms with Crippen LogP contribution in [0.5, 0.6) is 0 Å². The second-order valence-corrected chi connectivity index (χ2v) is 7.26. The highest BCUT2D eigenvalue weighted by molar-refractivity contribution is 5.95. The van der Waals surface area contributed by atoms with Gasteiger partial charge in [0.15, 0.2) is 0 Å². The van der Waals surface area contributed by atoms with Gasteiger partial charge in [0.2, 0.25) is 17.7 Å². The number of carboxylic acids is 2. The largest absolute Gasteiger partial charge is 0.481 e. The second-order valence-electron chi connectivity index (χ2n) is 7.26. The number of aliphatic carboxylic acids is 2. The fraction of sp³-hybridized carbons (Fsp3) is 0.722. The van der Waals surface area contributed by atoms with Crippen LogP contribution in [0.1, 0.15) is 39.5 Å². The van der Waals surface area contributed by atoms with Crippen LogP contribution in [0.4, 0.5) is 0 Å². The maximum atomic E-state index is 12.7. The number of carbonyl (C=O) groups is 5. The number of amides is 3. The zero-order valence-electron chi connectivity index (χ0n) is 17.0. The third-order valence-corrected chi connectivity index (χ3v) is 4.98. The molecule has 1 fully saturated rings. The molecule has 0 aromatic carbocycles. The van der Waals surface area contributed by atoms with Crippen molar-refractivity contribution in [1.29, 1.82) is 0 Å². The van der Waals surface area contributed by atoms with Crippen LogP contribution >= 0.6 is 0 Å². The molecule has 1 saturated heterocycles. The van der Waals surface area contributed by atoms with E-state index in [4.69, 9.17) is 15.3 Å². The van der Waals surface area contributed by atoms with Crippen molar-refractivity contribution in [3.8, 4) is 0 Å². The van der Waals surface area contributed by atoms with Crippen LogP contribution in [0.15, 0.2) is 0 Å². The Morgan fingerprint density at radius 1 is 1.03 bits per heavy atom. The molecule has 5 atom stereocenters. The van der Waals surface area contributed by atoms with Crippen LogP contribution in [0.3, 0.4) is 0 Å². The summed E-state index contributed by atoms with van der Waals surface area (Å²) in [6.07, 6.45) is 1.09. The van der Waals surface area contributed by atoms with E-state index >= 15 is 0 Å².